The topological polar surface area (TPSA) is 78.5 Å². The van der Waals surface area contributed by atoms with Crippen LogP contribution in [0.1, 0.15) is 18.1 Å². The zero-order valence-corrected chi connectivity index (χ0v) is 14.4. The third kappa shape index (κ3) is 3.15. The third-order valence-electron chi connectivity index (χ3n) is 4.35. The fourth-order valence-electron chi connectivity index (χ4n) is 2.82. The molecular weight excluding hydrogens is 337 g/mol. The van der Waals surface area contributed by atoms with Gasteiger partial charge in [0.15, 0.2) is 0 Å². The van der Waals surface area contributed by atoms with Crippen LogP contribution in [-0.2, 0) is 15.1 Å². The van der Waals surface area contributed by atoms with Gasteiger partial charge in [-0.2, -0.15) is 0 Å². The van der Waals surface area contributed by atoms with Crippen LogP contribution in [0.4, 0.5) is 14.9 Å². The summed E-state index contributed by atoms with van der Waals surface area (Å²) in [5, 5.41) is 4.99. The Bertz CT molecular complexity index is 882. The quantitative estimate of drug-likeness (QED) is 0.828. The molecule has 0 aliphatic carbocycles. The summed E-state index contributed by atoms with van der Waals surface area (Å²) in [7, 11) is 0. The minimum atomic E-state index is -1.25. The molecule has 1 unspecified atom stereocenters. The molecule has 0 spiro atoms. The van der Waals surface area contributed by atoms with Crippen LogP contribution in [-0.4, -0.2) is 29.3 Å². The van der Waals surface area contributed by atoms with E-state index in [2.05, 4.69) is 10.6 Å². The summed E-state index contributed by atoms with van der Waals surface area (Å²) < 4.78 is 13.6. The number of amides is 4. The first kappa shape index (κ1) is 17.6. The molecule has 1 heterocycles. The molecule has 3 rings (SSSR count). The second-order valence-electron chi connectivity index (χ2n) is 6.34. The van der Waals surface area contributed by atoms with Gasteiger partial charge in [0.1, 0.15) is 17.9 Å². The lowest BCUT2D eigenvalue weighted by molar-refractivity contribution is -0.133. The zero-order chi connectivity index (χ0) is 18.9. The van der Waals surface area contributed by atoms with Crippen LogP contribution in [0.25, 0.3) is 0 Å². The number of anilines is 1. The first-order chi connectivity index (χ1) is 12.3. The fraction of sp³-hybridized carbons (Fsp3) is 0.211. The third-order valence-corrected chi connectivity index (χ3v) is 4.35. The van der Waals surface area contributed by atoms with Gasteiger partial charge in [-0.25, -0.2) is 9.18 Å². The maximum absolute atomic E-state index is 13.6. The first-order valence-corrected chi connectivity index (χ1v) is 8.07. The van der Waals surface area contributed by atoms with E-state index in [1.807, 2.05) is 19.1 Å². The number of carbonyl (C=O) groups is 3. The number of hydrogen-bond acceptors (Lipinski definition) is 3. The Morgan fingerprint density at radius 2 is 1.81 bits per heavy atom. The molecule has 1 aliphatic rings. The standard InChI is InChI=1S/C19H18FN3O3/c1-12-7-9-13(10-8-12)19(2)17(25)23(18(26)22-19)11-16(24)21-15-6-4-3-5-14(15)20/h3-10H,11H2,1-2H3,(H,21,24)(H,22,26). The van der Waals surface area contributed by atoms with Crippen LogP contribution < -0.4 is 10.6 Å². The van der Waals surface area contributed by atoms with Gasteiger partial charge < -0.3 is 10.6 Å². The second kappa shape index (κ2) is 6.59. The highest BCUT2D eigenvalue weighted by Gasteiger charge is 2.49. The number of nitrogens with zero attached hydrogens (tertiary/aromatic N) is 1. The van der Waals surface area contributed by atoms with Crippen molar-refractivity contribution in [1.29, 1.82) is 0 Å². The lowest BCUT2D eigenvalue weighted by Gasteiger charge is -2.22. The molecule has 6 nitrogen and oxygen atoms in total. The van der Waals surface area contributed by atoms with Crippen molar-refractivity contribution in [1.82, 2.24) is 10.2 Å². The normalized spacial score (nSPS) is 19.4. The second-order valence-corrected chi connectivity index (χ2v) is 6.34. The Labute approximate surface area is 150 Å². The summed E-state index contributed by atoms with van der Waals surface area (Å²) in [5.74, 6) is -1.79. The molecular formula is C19H18FN3O3. The lowest BCUT2D eigenvalue weighted by Crippen LogP contribution is -2.42. The van der Waals surface area contributed by atoms with E-state index < -0.39 is 35.7 Å². The number of rotatable bonds is 4. The summed E-state index contributed by atoms with van der Waals surface area (Å²) in [6.07, 6.45) is 0. The summed E-state index contributed by atoms with van der Waals surface area (Å²) in [4.78, 5) is 38.0. The molecule has 4 amide bonds. The number of aryl methyl sites for hydroxylation is 1. The number of urea groups is 1. The fourth-order valence-corrected chi connectivity index (χ4v) is 2.82. The Hall–Kier alpha value is -3.22. The number of halogens is 1. The van der Waals surface area contributed by atoms with Crippen LogP contribution in [0.2, 0.25) is 0 Å². The highest BCUT2D eigenvalue weighted by molar-refractivity contribution is 6.10. The Morgan fingerprint density at radius 1 is 1.15 bits per heavy atom. The Kier molecular flexibility index (Phi) is 4.46. The van der Waals surface area contributed by atoms with Crippen molar-refractivity contribution < 1.29 is 18.8 Å². The maximum Gasteiger partial charge on any atom is 0.325 e. The van der Waals surface area contributed by atoms with Crippen LogP contribution in [0.15, 0.2) is 48.5 Å². The summed E-state index contributed by atoms with van der Waals surface area (Å²) in [6, 6.07) is 12.2. The summed E-state index contributed by atoms with van der Waals surface area (Å²) in [6.45, 7) is 3.01. The number of carbonyl (C=O) groups excluding carboxylic acids is 3. The lowest BCUT2D eigenvalue weighted by atomic mass is 9.91. The molecule has 0 saturated carbocycles. The van der Waals surface area contributed by atoms with Gasteiger partial charge in [-0.1, -0.05) is 42.0 Å². The molecule has 134 valence electrons. The highest BCUT2D eigenvalue weighted by Crippen LogP contribution is 2.29. The van der Waals surface area contributed by atoms with E-state index in [9.17, 15) is 18.8 Å². The van der Waals surface area contributed by atoms with Crippen molar-refractivity contribution in [2.75, 3.05) is 11.9 Å². The zero-order valence-electron chi connectivity index (χ0n) is 14.4. The largest absolute Gasteiger partial charge is 0.325 e. The van der Waals surface area contributed by atoms with E-state index in [0.717, 1.165) is 10.5 Å². The maximum atomic E-state index is 13.6. The van der Waals surface area contributed by atoms with Gasteiger partial charge in [0.05, 0.1) is 5.69 Å². The van der Waals surface area contributed by atoms with Crippen molar-refractivity contribution in [3.8, 4) is 0 Å². The monoisotopic (exact) mass is 355 g/mol. The van der Waals surface area contributed by atoms with E-state index in [4.69, 9.17) is 0 Å². The van der Waals surface area contributed by atoms with E-state index >= 15 is 0 Å². The summed E-state index contributed by atoms with van der Waals surface area (Å²) >= 11 is 0. The number of imide groups is 1. The van der Waals surface area contributed by atoms with Crippen molar-refractivity contribution in [2.24, 2.45) is 0 Å². The predicted molar refractivity (Wildman–Crippen MR) is 93.8 cm³/mol. The molecule has 7 heteroatoms. The average Bonchev–Trinajstić information content (AvgIpc) is 2.82. The SMILES string of the molecule is Cc1ccc(C2(C)NC(=O)N(CC(=O)Nc3ccccc3F)C2=O)cc1. The summed E-state index contributed by atoms with van der Waals surface area (Å²) in [5.41, 5.74) is 0.392. The number of nitrogens with one attached hydrogen (secondary N) is 2. The van der Waals surface area contributed by atoms with Crippen molar-refractivity contribution >= 4 is 23.5 Å². The van der Waals surface area contributed by atoms with E-state index in [1.165, 1.54) is 18.2 Å². The van der Waals surface area contributed by atoms with Crippen LogP contribution in [0, 0.1) is 12.7 Å². The molecule has 2 aromatic carbocycles. The Balaban J connectivity index is 1.76. The highest BCUT2D eigenvalue weighted by atomic mass is 19.1. The molecule has 1 atom stereocenters. The molecule has 0 bridgehead atoms. The molecule has 26 heavy (non-hydrogen) atoms. The number of benzene rings is 2. The predicted octanol–water partition coefficient (Wildman–Crippen LogP) is 2.54. The van der Waals surface area contributed by atoms with Crippen molar-refractivity contribution in [3.63, 3.8) is 0 Å². The van der Waals surface area contributed by atoms with Crippen LogP contribution in [0.5, 0.6) is 0 Å². The smallest absolute Gasteiger partial charge is 0.322 e. The van der Waals surface area contributed by atoms with Gasteiger partial charge in [-0.05, 0) is 31.5 Å². The van der Waals surface area contributed by atoms with Gasteiger partial charge in [0.25, 0.3) is 5.91 Å². The van der Waals surface area contributed by atoms with Crippen LogP contribution in [0.3, 0.4) is 0 Å². The average molecular weight is 355 g/mol. The van der Waals surface area contributed by atoms with E-state index in [0.29, 0.717) is 5.56 Å². The van der Waals surface area contributed by atoms with Crippen molar-refractivity contribution in [2.45, 2.75) is 19.4 Å². The minimum absolute atomic E-state index is 0.00847. The molecule has 1 fully saturated rings. The van der Waals surface area contributed by atoms with Gasteiger partial charge in [-0.15, -0.1) is 0 Å². The molecule has 0 radical (unpaired) electrons. The van der Waals surface area contributed by atoms with E-state index in [1.54, 1.807) is 25.1 Å². The molecule has 2 aromatic rings. The van der Waals surface area contributed by atoms with Crippen molar-refractivity contribution in [3.05, 3.63) is 65.5 Å². The Morgan fingerprint density at radius 3 is 2.46 bits per heavy atom. The number of para-hydroxylation sites is 1. The minimum Gasteiger partial charge on any atom is -0.322 e. The first-order valence-electron chi connectivity index (χ1n) is 8.07. The van der Waals surface area contributed by atoms with E-state index in [-0.39, 0.29) is 5.69 Å². The van der Waals surface area contributed by atoms with Gasteiger partial charge in [0, 0.05) is 0 Å². The molecule has 1 saturated heterocycles. The molecule has 1 aliphatic heterocycles. The van der Waals surface area contributed by atoms with Gasteiger partial charge in [0.2, 0.25) is 5.91 Å². The molecule has 2 N–H and O–H groups in total. The van der Waals surface area contributed by atoms with Gasteiger partial charge in [-0.3, -0.25) is 14.5 Å². The van der Waals surface area contributed by atoms with Gasteiger partial charge >= 0.3 is 6.03 Å². The number of hydrogen-bond donors (Lipinski definition) is 2. The molecule has 0 aromatic heterocycles. The van der Waals surface area contributed by atoms with Crippen LogP contribution >= 0.6 is 0 Å².